The van der Waals surface area contributed by atoms with Crippen LogP contribution in [-0.2, 0) is 20.7 Å². The van der Waals surface area contributed by atoms with Crippen LogP contribution >= 0.6 is 0 Å². The summed E-state index contributed by atoms with van der Waals surface area (Å²) in [5.41, 5.74) is 2.12. The first-order valence-electron chi connectivity index (χ1n) is 5.72. The standard InChI is InChI=1S/C13H15NO4/c1-8(15)14-7-6-9-10(4-3-5-11(9)14)12(16)13(17)18-2/h3-5,12,16H,6-7H2,1-2H3. The maximum Gasteiger partial charge on any atom is 0.339 e. The van der Waals surface area contributed by atoms with Crippen LogP contribution in [0.25, 0.3) is 0 Å². The van der Waals surface area contributed by atoms with Gasteiger partial charge in [-0.2, -0.15) is 0 Å². The fourth-order valence-corrected chi connectivity index (χ4v) is 2.28. The molecule has 1 N–H and O–H groups in total. The van der Waals surface area contributed by atoms with Crippen molar-refractivity contribution in [2.24, 2.45) is 0 Å². The van der Waals surface area contributed by atoms with Gasteiger partial charge in [-0.05, 0) is 23.6 Å². The quantitative estimate of drug-likeness (QED) is 0.787. The van der Waals surface area contributed by atoms with Gasteiger partial charge in [0.2, 0.25) is 5.91 Å². The van der Waals surface area contributed by atoms with E-state index in [4.69, 9.17) is 0 Å². The summed E-state index contributed by atoms with van der Waals surface area (Å²) in [6.45, 7) is 2.08. The smallest absolute Gasteiger partial charge is 0.339 e. The van der Waals surface area contributed by atoms with Crippen LogP contribution in [0.2, 0.25) is 0 Å². The summed E-state index contributed by atoms with van der Waals surface area (Å²) in [6.07, 6.45) is -0.657. The molecule has 0 bridgehead atoms. The lowest BCUT2D eigenvalue weighted by Crippen LogP contribution is -2.25. The van der Waals surface area contributed by atoms with Gasteiger partial charge in [0.25, 0.3) is 0 Å². The molecule has 0 aromatic heterocycles. The maximum atomic E-state index is 11.5. The SMILES string of the molecule is COC(=O)C(O)c1cccc2c1CCN2C(C)=O. The molecule has 5 nitrogen and oxygen atoms in total. The molecule has 18 heavy (non-hydrogen) atoms. The monoisotopic (exact) mass is 249 g/mol. The number of hydrogen-bond donors (Lipinski definition) is 1. The zero-order chi connectivity index (χ0) is 13.3. The zero-order valence-electron chi connectivity index (χ0n) is 10.3. The number of ether oxygens (including phenoxy) is 1. The minimum atomic E-state index is -1.29. The van der Waals surface area contributed by atoms with E-state index in [1.54, 1.807) is 17.0 Å². The number of nitrogens with zero attached hydrogens (tertiary/aromatic N) is 1. The molecule has 1 aliphatic heterocycles. The second kappa shape index (κ2) is 4.78. The van der Waals surface area contributed by atoms with Crippen molar-refractivity contribution in [1.82, 2.24) is 0 Å². The van der Waals surface area contributed by atoms with Gasteiger partial charge in [-0.3, -0.25) is 4.79 Å². The van der Waals surface area contributed by atoms with E-state index >= 15 is 0 Å². The van der Waals surface area contributed by atoms with Crippen molar-refractivity contribution < 1.29 is 19.4 Å². The number of rotatable bonds is 2. The molecule has 0 fully saturated rings. The summed E-state index contributed by atoms with van der Waals surface area (Å²) in [7, 11) is 1.23. The lowest BCUT2D eigenvalue weighted by molar-refractivity contribution is -0.150. The Bertz CT molecular complexity index is 498. The fraction of sp³-hybridized carbons (Fsp3) is 0.385. The van der Waals surface area contributed by atoms with Crippen molar-refractivity contribution in [2.75, 3.05) is 18.6 Å². The molecule has 0 saturated heterocycles. The molecule has 1 unspecified atom stereocenters. The molecule has 96 valence electrons. The average molecular weight is 249 g/mol. The van der Waals surface area contributed by atoms with Crippen LogP contribution in [0.1, 0.15) is 24.2 Å². The number of carbonyl (C=O) groups excluding carboxylic acids is 2. The van der Waals surface area contributed by atoms with E-state index < -0.39 is 12.1 Å². The summed E-state index contributed by atoms with van der Waals surface area (Å²) in [6, 6.07) is 5.23. The highest BCUT2D eigenvalue weighted by molar-refractivity contribution is 5.94. The highest BCUT2D eigenvalue weighted by Gasteiger charge is 2.29. The maximum absolute atomic E-state index is 11.5. The van der Waals surface area contributed by atoms with E-state index in [2.05, 4.69) is 4.74 Å². The van der Waals surface area contributed by atoms with Gasteiger partial charge in [0.15, 0.2) is 6.10 Å². The Kier molecular flexibility index (Phi) is 3.34. The number of esters is 1. The molecule has 0 aliphatic carbocycles. The molecule has 0 spiro atoms. The van der Waals surface area contributed by atoms with E-state index in [0.717, 1.165) is 11.3 Å². The number of benzene rings is 1. The highest BCUT2D eigenvalue weighted by atomic mass is 16.5. The Morgan fingerprint density at radius 1 is 1.44 bits per heavy atom. The van der Waals surface area contributed by atoms with Gasteiger partial charge in [-0.1, -0.05) is 12.1 Å². The summed E-state index contributed by atoms with van der Waals surface area (Å²) >= 11 is 0. The first-order valence-corrected chi connectivity index (χ1v) is 5.72. The number of carbonyl (C=O) groups is 2. The molecule has 1 atom stereocenters. The topological polar surface area (TPSA) is 66.8 Å². The second-order valence-corrected chi connectivity index (χ2v) is 4.19. The van der Waals surface area contributed by atoms with Crippen molar-refractivity contribution in [2.45, 2.75) is 19.4 Å². The van der Waals surface area contributed by atoms with Crippen LogP contribution in [0, 0.1) is 0 Å². The third-order valence-corrected chi connectivity index (χ3v) is 3.16. The van der Waals surface area contributed by atoms with Crippen LogP contribution in [0.15, 0.2) is 18.2 Å². The molecule has 1 heterocycles. The predicted octanol–water partition coefficient (Wildman–Crippen LogP) is 0.802. The zero-order valence-corrected chi connectivity index (χ0v) is 10.3. The minimum absolute atomic E-state index is 0.0431. The van der Waals surface area contributed by atoms with Gasteiger partial charge < -0.3 is 14.7 Å². The second-order valence-electron chi connectivity index (χ2n) is 4.19. The highest BCUT2D eigenvalue weighted by Crippen LogP contribution is 2.33. The Balaban J connectivity index is 2.42. The number of anilines is 1. The molecule has 0 saturated carbocycles. The van der Waals surface area contributed by atoms with Crippen molar-refractivity contribution >= 4 is 17.6 Å². The van der Waals surface area contributed by atoms with E-state index in [0.29, 0.717) is 18.5 Å². The van der Waals surface area contributed by atoms with Gasteiger partial charge in [0.1, 0.15) is 0 Å². The van der Waals surface area contributed by atoms with Crippen LogP contribution in [-0.4, -0.2) is 30.6 Å². The summed E-state index contributed by atoms with van der Waals surface area (Å²) in [5.74, 6) is -0.733. The third-order valence-electron chi connectivity index (χ3n) is 3.16. The van der Waals surface area contributed by atoms with Gasteiger partial charge >= 0.3 is 5.97 Å². The van der Waals surface area contributed by atoms with E-state index in [1.165, 1.54) is 14.0 Å². The van der Waals surface area contributed by atoms with Gasteiger partial charge in [-0.25, -0.2) is 4.79 Å². The van der Waals surface area contributed by atoms with Gasteiger partial charge in [-0.15, -0.1) is 0 Å². The van der Waals surface area contributed by atoms with Crippen LogP contribution < -0.4 is 4.90 Å². The van der Waals surface area contributed by atoms with Crippen molar-refractivity contribution in [3.8, 4) is 0 Å². The van der Waals surface area contributed by atoms with Crippen LogP contribution in [0.3, 0.4) is 0 Å². The largest absolute Gasteiger partial charge is 0.467 e. The number of hydrogen-bond acceptors (Lipinski definition) is 4. The third kappa shape index (κ3) is 1.97. The summed E-state index contributed by atoms with van der Waals surface area (Å²) in [4.78, 5) is 24.5. The number of amides is 1. The van der Waals surface area contributed by atoms with Crippen LogP contribution in [0.5, 0.6) is 0 Å². The van der Waals surface area contributed by atoms with Crippen molar-refractivity contribution in [3.05, 3.63) is 29.3 Å². The summed E-state index contributed by atoms with van der Waals surface area (Å²) in [5, 5.41) is 9.90. The Hall–Kier alpha value is -1.88. The van der Waals surface area contributed by atoms with E-state index in [-0.39, 0.29) is 5.91 Å². The predicted molar refractivity (Wildman–Crippen MR) is 65.1 cm³/mol. The molecule has 1 aliphatic rings. The van der Waals surface area contributed by atoms with Crippen LogP contribution in [0.4, 0.5) is 5.69 Å². The Morgan fingerprint density at radius 3 is 2.78 bits per heavy atom. The van der Waals surface area contributed by atoms with Gasteiger partial charge in [0.05, 0.1) is 7.11 Å². The van der Waals surface area contributed by atoms with E-state index in [1.807, 2.05) is 6.07 Å². The molecule has 2 rings (SSSR count). The number of fused-ring (bicyclic) bond motifs is 1. The number of aliphatic hydroxyl groups is 1. The molecule has 1 aromatic rings. The number of methoxy groups -OCH3 is 1. The molecular formula is C13H15NO4. The fourth-order valence-electron chi connectivity index (χ4n) is 2.28. The summed E-state index contributed by atoms with van der Waals surface area (Å²) < 4.78 is 4.53. The normalized spacial score (nSPS) is 15.2. The average Bonchev–Trinajstić information content (AvgIpc) is 2.80. The van der Waals surface area contributed by atoms with E-state index in [9.17, 15) is 14.7 Å². The van der Waals surface area contributed by atoms with Crippen molar-refractivity contribution in [3.63, 3.8) is 0 Å². The molecule has 1 amide bonds. The Labute approximate surface area is 105 Å². The first-order chi connectivity index (χ1) is 8.56. The molecule has 1 aromatic carbocycles. The van der Waals surface area contributed by atoms with Gasteiger partial charge in [0, 0.05) is 19.2 Å². The number of aliphatic hydroxyl groups excluding tert-OH is 1. The lowest BCUT2D eigenvalue weighted by Gasteiger charge is -2.16. The van der Waals surface area contributed by atoms with Crippen molar-refractivity contribution in [1.29, 1.82) is 0 Å². The Morgan fingerprint density at radius 2 is 2.17 bits per heavy atom. The lowest BCUT2D eigenvalue weighted by atomic mass is 10.00. The first kappa shape index (κ1) is 12.6. The minimum Gasteiger partial charge on any atom is -0.467 e. The molecular weight excluding hydrogens is 234 g/mol. The molecule has 0 radical (unpaired) electrons. The molecule has 5 heteroatoms.